The second kappa shape index (κ2) is 5.99. The van der Waals surface area contributed by atoms with Gasteiger partial charge in [0.25, 0.3) is 0 Å². The van der Waals surface area contributed by atoms with E-state index in [4.69, 9.17) is 1.37 Å². The molecule has 2 aromatic rings. The van der Waals surface area contributed by atoms with Crippen LogP contribution < -0.4 is 4.90 Å². The first-order chi connectivity index (χ1) is 11.4. The largest absolute Gasteiger partial charge is 0.307 e. The summed E-state index contributed by atoms with van der Waals surface area (Å²) in [6, 6.07) is 13.9. The molecular formula is C20H22N2O. The highest BCUT2D eigenvalue weighted by atomic mass is 16.2. The molecule has 3 nitrogen and oxygen atoms in total. The molecule has 0 saturated heterocycles. The van der Waals surface area contributed by atoms with Gasteiger partial charge in [-0.3, -0.25) is 9.79 Å². The summed E-state index contributed by atoms with van der Waals surface area (Å²) in [4.78, 5) is 19.0. The molecular weight excluding hydrogens is 284 g/mol. The van der Waals surface area contributed by atoms with Crippen LogP contribution in [0, 0.1) is 13.8 Å². The topological polar surface area (TPSA) is 32.7 Å². The second-order valence-electron chi connectivity index (χ2n) is 6.25. The van der Waals surface area contributed by atoms with Crippen molar-refractivity contribution in [2.24, 2.45) is 4.99 Å². The van der Waals surface area contributed by atoms with Gasteiger partial charge >= 0.3 is 0 Å². The highest BCUT2D eigenvalue weighted by Crippen LogP contribution is 2.32. The van der Waals surface area contributed by atoms with Crippen LogP contribution in [0.1, 0.15) is 37.5 Å². The number of carbonyl (C=O) groups is 1. The van der Waals surface area contributed by atoms with Crippen LogP contribution in [0.15, 0.2) is 47.5 Å². The lowest BCUT2D eigenvalue weighted by Gasteiger charge is -2.29. The molecule has 1 heterocycles. The molecule has 1 aliphatic heterocycles. The molecule has 0 radical (unpaired) electrons. The van der Waals surface area contributed by atoms with Crippen molar-refractivity contribution in [3.05, 3.63) is 64.7 Å². The van der Waals surface area contributed by atoms with E-state index >= 15 is 0 Å². The van der Waals surface area contributed by atoms with Crippen LogP contribution in [0.3, 0.4) is 0 Å². The smallest absolute Gasteiger partial charge is 0.248 e. The molecule has 0 aliphatic carbocycles. The van der Waals surface area contributed by atoms with Gasteiger partial charge in [-0.1, -0.05) is 42.0 Å². The molecule has 1 aliphatic rings. The average molecular weight is 307 g/mol. The highest BCUT2D eigenvalue weighted by molar-refractivity contribution is 6.20. The van der Waals surface area contributed by atoms with Crippen LogP contribution in [0.5, 0.6) is 0 Å². The Labute approximate surface area is 139 Å². The quantitative estimate of drug-likeness (QED) is 0.828. The van der Waals surface area contributed by atoms with Gasteiger partial charge in [0.15, 0.2) is 0 Å². The number of hydrogen-bond acceptors (Lipinski definition) is 2. The molecule has 0 fully saturated rings. The molecule has 0 N–H and O–H groups in total. The van der Waals surface area contributed by atoms with Crippen LogP contribution in [-0.4, -0.2) is 24.2 Å². The standard InChI is InChI=1S/C20H22N2O/c1-13(2)22-18(23)12-21-19(16-8-6-5-7-9-16)17-11-14(3)10-15(4)20(17)22/h5-11,13H,12H2,1-4H3/i12D. The summed E-state index contributed by atoms with van der Waals surface area (Å²) in [6.07, 6.45) is 0. The Morgan fingerprint density at radius 3 is 2.52 bits per heavy atom. The number of benzene rings is 2. The minimum Gasteiger partial charge on any atom is -0.307 e. The van der Waals surface area contributed by atoms with Crippen molar-refractivity contribution in [2.75, 3.05) is 11.4 Å². The van der Waals surface area contributed by atoms with E-state index in [1.54, 1.807) is 4.90 Å². The van der Waals surface area contributed by atoms with Gasteiger partial charge in [-0.05, 0) is 39.3 Å². The normalized spacial score (nSPS) is 18.4. The van der Waals surface area contributed by atoms with Gasteiger partial charge in [0.1, 0.15) is 6.52 Å². The van der Waals surface area contributed by atoms with Gasteiger partial charge in [0, 0.05) is 17.2 Å². The third-order valence-electron chi connectivity index (χ3n) is 4.05. The molecule has 118 valence electrons. The number of nitrogens with zero attached hydrogens (tertiary/aromatic N) is 2. The molecule has 0 saturated carbocycles. The van der Waals surface area contributed by atoms with E-state index in [2.05, 4.69) is 17.1 Å². The Hall–Kier alpha value is -2.42. The van der Waals surface area contributed by atoms with Crippen molar-refractivity contribution in [2.45, 2.75) is 33.7 Å². The number of benzodiazepines with no additional fused rings is 1. The SMILES string of the molecule is [2H]C1N=C(c2ccccc2)c2cc(C)cc(C)c2N(C(C)C)C1=O. The Balaban J connectivity index is 2.34. The van der Waals surface area contributed by atoms with Gasteiger partial charge in [-0.25, -0.2) is 0 Å². The number of aryl methyl sites for hydroxylation is 2. The van der Waals surface area contributed by atoms with E-state index in [1.165, 1.54) is 0 Å². The van der Waals surface area contributed by atoms with Gasteiger partial charge < -0.3 is 4.90 Å². The summed E-state index contributed by atoms with van der Waals surface area (Å²) in [5.41, 5.74) is 5.60. The number of amides is 1. The Kier molecular flexibility index (Phi) is 3.70. The lowest BCUT2D eigenvalue weighted by Crippen LogP contribution is -2.38. The summed E-state index contributed by atoms with van der Waals surface area (Å²) in [6.45, 7) is 6.86. The Bertz CT molecular complexity index is 812. The van der Waals surface area contributed by atoms with E-state index in [0.29, 0.717) is 5.71 Å². The third kappa shape index (κ3) is 2.79. The van der Waals surface area contributed by atoms with E-state index < -0.39 is 6.52 Å². The zero-order valence-corrected chi connectivity index (χ0v) is 14.0. The number of hydrogen-bond donors (Lipinski definition) is 0. The molecule has 1 amide bonds. The fraction of sp³-hybridized carbons (Fsp3) is 0.300. The fourth-order valence-corrected chi connectivity index (χ4v) is 3.16. The van der Waals surface area contributed by atoms with Crippen LogP contribution in [0.4, 0.5) is 5.69 Å². The number of carbonyl (C=O) groups excluding carboxylic acids is 1. The second-order valence-corrected chi connectivity index (χ2v) is 6.25. The maximum absolute atomic E-state index is 12.8. The third-order valence-corrected chi connectivity index (χ3v) is 4.05. The Morgan fingerprint density at radius 2 is 1.87 bits per heavy atom. The average Bonchev–Trinajstić information content (AvgIpc) is 2.64. The molecule has 3 rings (SSSR count). The van der Waals surface area contributed by atoms with Gasteiger partial charge in [-0.15, -0.1) is 0 Å². The highest BCUT2D eigenvalue weighted by Gasteiger charge is 2.28. The van der Waals surface area contributed by atoms with Crippen molar-refractivity contribution in [3.63, 3.8) is 0 Å². The molecule has 0 bridgehead atoms. The van der Waals surface area contributed by atoms with Gasteiger partial charge in [0.2, 0.25) is 5.91 Å². The molecule has 23 heavy (non-hydrogen) atoms. The number of anilines is 1. The van der Waals surface area contributed by atoms with Gasteiger partial charge in [0.05, 0.1) is 12.8 Å². The van der Waals surface area contributed by atoms with Crippen LogP contribution >= 0.6 is 0 Å². The number of aliphatic imine (C=N–C) groups is 1. The summed E-state index contributed by atoms with van der Waals surface area (Å²) in [5, 5.41) is 0. The predicted molar refractivity (Wildman–Crippen MR) is 95.5 cm³/mol. The van der Waals surface area contributed by atoms with Crippen molar-refractivity contribution >= 4 is 17.3 Å². The number of rotatable bonds is 2. The zero-order chi connectivity index (χ0) is 17.4. The summed E-state index contributed by atoms with van der Waals surface area (Å²) in [7, 11) is 0. The monoisotopic (exact) mass is 307 g/mol. The fourth-order valence-electron chi connectivity index (χ4n) is 3.16. The Morgan fingerprint density at radius 1 is 1.17 bits per heavy atom. The minimum atomic E-state index is -1.14. The molecule has 1 atom stereocenters. The first-order valence-electron chi connectivity index (χ1n) is 8.48. The summed E-state index contributed by atoms with van der Waals surface area (Å²) in [5.74, 6) is -0.274. The van der Waals surface area contributed by atoms with Crippen molar-refractivity contribution in [1.29, 1.82) is 0 Å². The van der Waals surface area contributed by atoms with Crippen LogP contribution in [-0.2, 0) is 4.79 Å². The molecule has 1 unspecified atom stereocenters. The number of fused-ring (bicyclic) bond motifs is 1. The van der Waals surface area contributed by atoms with E-state index in [1.807, 2.05) is 58.0 Å². The van der Waals surface area contributed by atoms with Crippen molar-refractivity contribution in [3.8, 4) is 0 Å². The van der Waals surface area contributed by atoms with E-state index in [0.717, 1.165) is 27.9 Å². The lowest BCUT2D eigenvalue weighted by atomic mass is 9.95. The minimum absolute atomic E-state index is 0.0316. The van der Waals surface area contributed by atoms with Crippen molar-refractivity contribution < 1.29 is 6.17 Å². The van der Waals surface area contributed by atoms with Gasteiger partial charge in [-0.2, -0.15) is 0 Å². The van der Waals surface area contributed by atoms with Crippen molar-refractivity contribution in [1.82, 2.24) is 0 Å². The first-order valence-corrected chi connectivity index (χ1v) is 7.90. The van der Waals surface area contributed by atoms with Crippen LogP contribution in [0.2, 0.25) is 0 Å². The van der Waals surface area contributed by atoms with E-state index in [9.17, 15) is 4.79 Å². The van der Waals surface area contributed by atoms with Crippen LogP contribution in [0.25, 0.3) is 0 Å². The maximum Gasteiger partial charge on any atom is 0.248 e. The molecule has 0 aromatic heterocycles. The molecule has 0 spiro atoms. The summed E-state index contributed by atoms with van der Waals surface area (Å²) < 4.78 is 8.24. The lowest BCUT2D eigenvalue weighted by molar-refractivity contribution is -0.117. The molecule has 3 heteroatoms. The predicted octanol–water partition coefficient (Wildman–Crippen LogP) is 3.90. The summed E-state index contributed by atoms with van der Waals surface area (Å²) >= 11 is 0. The first kappa shape index (κ1) is 14.2. The maximum atomic E-state index is 12.8. The van der Waals surface area contributed by atoms with E-state index in [-0.39, 0.29) is 11.9 Å². The zero-order valence-electron chi connectivity index (χ0n) is 15.0. The molecule has 2 aromatic carbocycles.